The Labute approximate surface area is 107 Å². The van der Waals surface area contributed by atoms with E-state index in [1.807, 2.05) is 0 Å². The van der Waals surface area contributed by atoms with Gasteiger partial charge in [-0.1, -0.05) is 43.4 Å². The molecule has 0 aromatic heterocycles. The minimum Gasteiger partial charge on any atom is -0.366 e. The fourth-order valence-corrected chi connectivity index (χ4v) is 3.05. The van der Waals surface area contributed by atoms with Crippen molar-refractivity contribution in [1.82, 2.24) is 10.6 Å². The molecule has 1 aliphatic heterocycles. The minimum atomic E-state index is 0.121. The molecule has 0 saturated carbocycles. The van der Waals surface area contributed by atoms with Gasteiger partial charge in [0.05, 0.1) is 0 Å². The number of hydrogen-bond donors (Lipinski definition) is 2. The van der Waals surface area contributed by atoms with Crippen molar-refractivity contribution in [3.63, 3.8) is 0 Å². The molecule has 0 bridgehead atoms. The van der Waals surface area contributed by atoms with E-state index >= 15 is 0 Å². The number of allylic oxidation sites excluding steroid dienone is 1. The quantitative estimate of drug-likeness (QED) is 0.781. The first-order valence-corrected chi connectivity index (χ1v) is 6.52. The molecule has 2 N–H and O–H groups in total. The van der Waals surface area contributed by atoms with Crippen LogP contribution in [0.5, 0.6) is 0 Å². The first-order chi connectivity index (χ1) is 8.29. The molecular weight excluding hydrogens is 228 g/mol. The van der Waals surface area contributed by atoms with E-state index in [0.717, 1.165) is 6.42 Å². The van der Waals surface area contributed by atoms with Crippen LogP contribution < -0.4 is 10.6 Å². The van der Waals surface area contributed by atoms with Gasteiger partial charge in [0, 0.05) is 23.2 Å². The van der Waals surface area contributed by atoms with Crippen LogP contribution in [0.4, 0.5) is 0 Å². The van der Waals surface area contributed by atoms with Gasteiger partial charge in [-0.2, -0.15) is 0 Å². The van der Waals surface area contributed by atoms with E-state index in [-0.39, 0.29) is 6.17 Å². The highest BCUT2D eigenvalue weighted by Crippen LogP contribution is 2.40. The normalized spacial score (nSPS) is 30.2. The maximum atomic E-state index is 4.95. The van der Waals surface area contributed by atoms with E-state index in [9.17, 15) is 0 Å². The van der Waals surface area contributed by atoms with Gasteiger partial charge in [-0.05, 0) is 23.5 Å². The average Bonchev–Trinajstić information content (AvgIpc) is 2.95. The lowest BCUT2D eigenvalue weighted by atomic mass is 9.92. The molecule has 1 aromatic rings. The van der Waals surface area contributed by atoms with Gasteiger partial charge in [0.25, 0.3) is 0 Å². The van der Waals surface area contributed by atoms with Crippen LogP contribution in [0.2, 0.25) is 0 Å². The molecule has 2 nitrogen and oxygen atoms in total. The number of rotatable bonds is 2. The summed E-state index contributed by atoms with van der Waals surface area (Å²) in [6.45, 7) is 2.31. The Bertz CT molecular complexity index is 481. The zero-order chi connectivity index (χ0) is 11.8. The molecule has 0 amide bonds. The molecule has 0 fully saturated rings. The van der Waals surface area contributed by atoms with Gasteiger partial charge < -0.3 is 10.6 Å². The Kier molecular flexibility index (Phi) is 2.63. The van der Waals surface area contributed by atoms with Crippen molar-refractivity contribution in [2.45, 2.75) is 25.4 Å². The van der Waals surface area contributed by atoms with Gasteiger partial charge in [0.1, 0.15) is 6.17 Å². The van der Waals surface area contributed by atoms with Crippen molar-refractivity contribution in [2.75, 3.05) is 0 Å². The predicted molar refractivity (Wildman–Crippen MR) is 73.8 cm³/mol. The summed E-state index contributed by atoms with van der Waals surface area (Å²) in [6, 6.07) is 8.75. The number of hydrogen-bond acceptors (Lipinski definition) is 3. The van der Waals surface area contributed by atoms with Crippen LogP contribution in [0, 0.1) is 5.92 Å². The number of benzene rings is 1. The van der Waals surface area contributed by atoms with Crippen molar-refractivity contribution in [3.05, 3.63) is 47.3 Å². The zero-order valence-electron chi connectivity index (χ0n) is 9.81. The van der Waals surface area contributed by atoms with Gasteiger partial charge in [-0.25, -0.2) is 0 Å². The van der Waals surface area contributed by atoms with E-state index in [0.29, 0.717) is 11.8 Å². The molecule has 3 heteroatoms. The summed E-state index contributed by atoms with van der Waals surface area (Å²) in [6.07, 6.45) is 3.33. The summed E-state index contributed by atoms with van der Waals surface area (Å²) in [5.74, 6) is 1.13. The molecule has 0 saturated heterocycles. The van der Waals surface area contributed by atoms with Gasteiger partial charge >= 0.3 is 0 Å². The highest BCUT2D eigenvalue weighted by molar-refractivity contribution is 7.79. The molecule has 0 spiro atoms. The van der Waals surface area contributed by atoms with Crippen LogP contribution in [0.1, 0.15) is 24.0 Å². The molecule has 2 aliphatic rings. The molecule has 1 aromatic carbocycles. The van der Waals surface area contributed by atoms with Crippen LogP contribution in [0.25, 0.3) is 0 Å². The third-order valence-electron chi connectivity index (χ3n) is 3.87. The average molecular weight is 244 g/mol. The molecular formula is C14H16N2S. The van der Waals surface area contributed by atoms with Crippen LogP contribution in [-0.4, -0.2) is 11.5 Å². The number of nitrogens with one attached hydrogen (secondary N) is 2. The second-order valence-electron chi connectivity index (χ2n) is 4.82. The molecule has 0 radical (unpaired) electrons. The van der Waals surface area contributed by atoms with Gasteiger partial charge in [-0.3, -0.25) is 0 Å². The van der Waals surface area contributed by atoms with Gasteiger partial charge in [-0.15, -0.1) is 0 Å². The Morgan fingerprint density at radius 3 is 2.88 bits per heavy atom. The second-order valence-corrected chi connectivity index (χ2v) is 5.09. The molecule has 88 valence electrons. The summed E-state index contributed by atoms with van der Waals surface area (Å²) >= 11 is 4.95. The van der Waals surface area contributed by atoms with Crippen molar-refractivity contribution in [1.29, 1.82) is 0 Å². The summed E-state index contributed by atoms with van der Waals surface area (Å²) < 4.78 is 0. The van der Waals surface area contributed by atoms with Crippen molar-refractivity contribution in [3.8, 4) is 0 Å². The largest absolute Gasteiger partial charge is 0.366 e. The summed E-state index contributed by atoms with van der Waals surface area (Å²) in [5.41, 5.74) is 4.27. The summed E-state index contributed by atoms with van der Waals surface area (Å²) in [5, 5.41) is 8.42. The van der Waals surface area contributed by atoms with Crippen LogP contribution >= 0.6 is 12.2 Å². The Morgan fingerprint density at radius 1 is 1.35 bits per heavy atom. The van der Waals surface area contributed by atoms with E-state index < -0.39 is 0 Å². The first-order valence-electron chi connectivity index (χ1n) is 6.05. The predicted octanol–water partition coefficient (Wildman–Crippen LogP) is 2.32. The topological polar surface area (TPSA) is 24.1 Å². The maximum Gasteiger partial charge on any atom is 0.126 e. The SMILES string of the molecule is CC1c2ccccc2CC1C1=CNC(C=S)N1. The molecule has 1 aliphatic carbocycles. The Hall–Kier alpha value is -1.35. The lowest BCUT2D eigenvalue weighted by Gasteiger charge is -2.18. The second kappa shape index (κ2) is 4.15. The standard InChI is InChI=1S/C14H16N2S/c1-9-11-5-3-2-4-10(11)6-12(9)13-7-15-14(8-17)16-13/h2-5,7-9,12,14-16H,6H2,1H3. The molecule has 3 unspecified atom stereocenters. The van der Waals surface area contributed by atoms with Crippen molar-refractivity contribution >= 4 is 17.6 Å². The third kappa shape index (κ3) is 1.75. The minimum absolute atomic E-state index is 0.121. The monoisotopic (exact) mass is 244 g/mol. The van der Waals surface area contributed by atoms with Gasteiger partial charge in [0.15, 0.2) is 0 Å². The Morgan fingerprint density at radius 2 is 2.18 bits per heavy atom. The molecule has 17 heavy (non-hydrogen) atoms. The fraction of sp³-hybridized carbons (Fsp3) is 0.357. The van der Waals surface area contributed by atoms with E-state index in [2.05, 4.69) is 48.0 Å². The highest BCUT2D eigenvalue weighted by Gasteiger charge is 2.33. The fourth-order valence-electron chi connectivity index (χ4n) is 2.90. The zero-order valence-corrected chi connectivity index (χ0v) is 10.6. The van der Waals surface area contributed by atoms with Gasteiger partial charge in [0.2, 0.25) is 0 Å². The molecule has 3 atom stereocenters. The smallest absolute Gasteiger partial charge is 0.126 e. The first kappa shape index (κ1) is 10.8. The van der Waals surface area contributed by atoms with Crippen molar-refractivity contribution in [2.24, 2.45) is 5.92 Å². The lowest BCUT2D eigenvalue weighted by Crippen LogP contribution is -2.34. The lowest BCUT2D eigenvalue weighted by molar-refractivity contribution is 0.522. The summed E-state index contributed by atoms with van der Waals surface area (Å²) in [4.78, 5) is 0. The highest BCUT2D eigenvalue weighted by atomic mass is 32.1. The van der Waals surface area contributed by atoms with Crippen molar-refractivity contribution < 1.29 is 0 Å². The Balaban J connectivity index is 1.83. The van der Waals surface area contributed by atoms with E-state index in [4.69, 9.17) is 12.2 Å². The van der Waals surface area contributed by atoms with E-state index in [1.54, 1.807) is 5.37 Å². The van der Waals surface area contributed by atoms with Crippen LogP contribution in [0.3, 0.4) is 0 Å². The van der Waals surface area contributed by atoms with E-state index in [1.165, 1.54) is 16.8 Å². The molecule has 3 rings (SSSR count). The molecule has 1 heterocycles. The van der Waals surface area contributed by atoms with Crippen LogP contribution in [0.15, 0.2) is 36.2 Å². The maximum absolute atomic E-state index is 4.95. The number of fused-ring (bicyclic) bond motifs is 1. The number of thiocarbonyl (C=S) groups is 1. The third-order valence-corrected chi connectivity index (χ3v) is 4.14. The summed E-state index contributed by atoms with van der Waals surface area (Å²) in [7, 11) is 0. The van der Waals surface area contributed by atoms with Crippen LogP contribution in [-0.2, 0) is 6.42 Å².